The molecule has 0 fully saturated rings. The molecule has 11 heteroatoms. The average molecular weight is 578 g/mol. The number of aromatic amines is 1. The highest BCUT2D eigenvalue weighted by atomic mass is 32.2. The van der Waals surface area contributed by atoms with E-state index in [1.807, 2.05) is 0 Å². The van der Waals surface area contributed by atoms with E-state index in [-0.39, 0.29) is 33.6 Å². The Morgan fingerprint density at radius 2 is 1.73 bits per heavy atom. The van der Waals surface area contributed by atoms with E-state index in [0.717, 1.165) is 19.6 Å². The number of hydrogen-bond donors (Lipinski definition) is 3. The third kappa shape index (κ3) is 6.41. The van der Waals surface area contributed by atoms with Gasteiger partial charge in [-0.05, 0) is 67.9 Å². The fourth-order valence-electron chi connectivity index (χ4n) is 4.90. The third-order valence-electron chi connectivity index (χ3n) is 7.28. The molecular formula is C30H33N4O6S-. The van der Waals surface area contributed by atoms with Crippen molar-refractivity contribution in [3.05, 3.63) is 81.7 Å². The lowest BCUT2D eigenvalue weighted by molar-refractivity contribution is -0.255. The standard InChI is InChI=1S/C30H34N4O6S/c1-5-34(6-2)14-13-31-29(36)27-18(3)26(32-19(27)4)16-24-23-15-22(11-12-25(23)33-28(24)35)41(39,40)17-20-7-9-21(10-8-20)30(37)38/h7-12,15-16,32H,5-6,13-14,17H2,1-4H3,(H,31,36)(H,33,35)(H,37,38)/p-1/b24-16-. The predicted octanol–water partition coefficient (Wildman–Crippen LogP) is 2.53. The molecule has 0 aliphatic carbocycles. The lowest BCUT2D eigenvalue weighted by Gasteiger charge is -2.18. The number of aromatic nitrogens is 1. The number of nitrogens with one attached hydrogen (secondary N) is 3. The second kappa shape index (κ2) is 12.1. The van der Waals surface area contributed by atoms with E-state index >= 15 is 0 Å². The smallest absolute Gasteiger partial charge is 0.256 e. The van der Waals surface area contributed by atoms with Crippen LogP contribution in [0.4, 0.5) is 5.69 Å². The van der Waals surface area contributed by atoms with Gasteiger partial charge in [-0.2, -0.15) is 0 Å². The van der Waals surface area contributed by atoms with Crippen molar-refractivity contribution in [1.82, 2.24) is 15.2 Å². The van der Waals surface area contributed by atoms with Gasteiger partial charge in [0.2, 0.25) is 0 Å². The van der Waals surface area contributed by atoms with Crippen molar-refractivity contribution >= 4 is 45.0 Å². The number of anilines is 1. The summed E-state index contributed by atoms with van der Waals surface area (Å²) in [6.45, 7) is 10.8. The van der Waals surface area contributed by atoms with Gasteiger partial charge in [-0.25, -0.2) is 8.42 Å². The maximum absolute atomic E-state index is 13.2. The minimum absolute atomic E-state index is 0.0234. The lowest BCUT2D eigenvalue weighted by atomic mass is 10.0. The molecule has 0 atom stereocenters. The Bertz CT molecular complexity index is 1630. The molecule has 0 saturated heterocycles. The summed E-state index contributed by atoms with van der Waals surface area (Å²) in [6, 6.07) is 9.88. The van der Waals surface area contributed by atoms with E-state index in [4.69, 9.17) is 0 Å². The Kier molecular flexibility index (Phi) is 8.79. The van der Waals surface area contributed by atoms with Crippen molar-refractivity contribution in [3.8, 4) is 0 Å². The first-order valence-corrected chi connectivity index (χ1v) is 15.0. The number of fused-ring (bicyclic) bond motifs is 1. The molecule has 1 aliphatic rings. The number of nitrogens with zero attached hydrogens (tertiary/aromatic N) is 1. The van der Waals surface area contributed by atoms with Gasteiger partial charge in [0.05, 0.1) is 27.8 Å². The first kappa shape index (κ1) is 29.8. The van der Waals surface area contributed by atoms with Crippen LogP contribution in [0.15, 0.2) is 47.4 Å². The van der Waals surface area contributed by atoms with E-state index in [1.54, 1.807) is 26.0 Å². The van der Waals surface area contributed by atoms with Crippen molar-refractivity contribution in [2.75, 3.05) is 31.5 Å². The third-order valence-corrected chi connectivity index (χ3v) is 8.96. The maximum atomic E-state index is 13.2. The van der Waals surface area contributed by atoms with Crippen LogP contribution in [-0.2, 0) is 20.4 Å². The van der Waals surface area contributed by atoms with Crippen LogP contribution < -0.4 is 15.7 Å². The van der Waals surface area contributed by atoms with Gasteiger partial charge < -0.3 is 30.4 Å². The molecule has 216 valence electrons. The zero-order valence-electron chi connectivity index (χ0n) is 23.5. The van der Waals surface area contributed by atoms with E-state index < -0.39 is 15.8 Å². The minimum atomic E-state index is -3.82. The Balaban J connectivity index is 1.59. The number of carboxylic acids is 1. The number of sulfone groups is 1. The highest BCUT2D eigenvalue weighted by Gasteiger charge is 2.28. The molecule has 3 aromatic rings. The van der Waals surface area contributed by atoms with Crippen LogP contribution in [-0.4, -0.2) is 62.3 Å². The van der Waals surface area contributed by atoms with Crippen LogP contribution >= 0.6 is 0 Å². The fraction of sp³-hybridized carbons (Fsp3) is 0.300. The summed E-state index contributed by atoms with van der Waals surface area (Å²) >= 11 is 0. The highest BCUT2D eigenvalue weighted by Crippen LogP contribution is 2.36. The van der Waals surface area contributed by atoms with Crippen LogP contribution in [0.1, 0.15) is 62.6 Å². The summed E-state index contributed by atoms with van der Waals surface area (Å²) in [5.74, 6) is -2.28. The molecular weight excluding hydrogens is 544 g/mol. The topological polar surface area (TPSA) is 152 Å². The number of aromatic carboxylic acids is 1. The number of carboxylic acid groups (broad SMARTS) is 1. The van der Waals surface area contributed by atoms with Gasteiger partial charge in [0.1, 0.15) is 0 Å². The van der Waals surface area contributed by atoms with E-state index in [9.17, 15) is 27.9 Å². The highest BCUT2D eigenvalue weighted by molar-refractivity contribution is 7.90. The number of rotatable bonds is 11. The van der Waals surface area contributed by atoms with E-state index in [1.165, 1.54) is 36.4 Å². The molecule has 0 saturated carbocycles. The second-order valence-corrected chi connectivity index (χ2v) is 11.9. The van der Waals surface area contributed by atoms with Crippen molar-refractivity contribution in [2.45, 2.75) is 38.3 Å². The molecule has 0 radical (unpaired) electrons. The van der Waals surface area contributed by atoms with Crippen molar-refractivity contribution in [2.24, 2.45) is 0 Å². The van der Waals surface area contributed by atoms with Gasteiger partial charge in [-0.1, -0.05) is 38.1 Å². The average Bonchev–Trinajstić information content (AvgIpc) is 3.40. The van der Waals surface area contributed by atoms with Crippen LogP contribution in [0.25, 0.3) is 11.6 Å². The van der Waals surface area contributed by atoms with Gasteiger partial charge in [-0.3, -0.25) is 9.59 Å². The first-order chi connectivity index (χ1) is 19.4. The number of likely N-dealkylation sites (N-methyl/N-ethyl adjacent to an activating group) is 1. The Labute approximate surface area is 239 Å². The van der Waals surface area contributed by atoms with E-state index in [0.29, 0.717) is 45.9 Å². The molecule has 2 aromatic carbocycles. The molecule has 2 heterocycles. The molecule has 3 N–H and O–H groups in total. The summed E-state index contributed by atoms with van der Waals surface area (Å²) in [5, 5.41) is 16.7. The fourth-order valence-corrected chi connectivity index (χ4v) is 6.27. The number of benzene rings is 2. The van der Waals surface area contributed by atoms with Gasteiger partial charge in [0, 0.05) is 35.7 Å². The van der Waals surface area contributed by atoms with Crippen LogP contribution in [0.5, 0.6) is 0 Å². The molecule has 41 heavy (non-hydrogen) atoms. The van der Waals surface area contributed by atoms with Crippen LogP contribution in [0, 0.1) is 13.8 Å². The molecule has 0 spiro atoms. The largest absolute Gasteiger partial charge is 0.545 e. The summed E-state index contributed by atoms with van der Waals surface area (Å²) in [4.78, 5) is 42.3. The SMILES string of the molecule is CCN(CC)CCNC(=O)c1c(C)[nH]c(/C=C2\C(=O)Nc3ccc(S(=O)(=O)Cc4ccc(C(=O)[O-])cc4)cc32)c1C. The van der Waals surface area contributed by atoms with Gasteiger partial charge in [0.15, 0.2) is 9.84 Å². The minimum Gasteiger partial charge on any atom is -0.545 e. The lowest BCUT2D eigenvalue weighted by Crippen LogP contribution is -2.35. The summed E-state index contributed by atoms with van der Waals surface area (Å²) in [5.41, 5.74) is 3.99. The maximum Gasteiger partial charge on any atom is 0.256 e. The molecule has 0 unspecified atom stereocenters. The zero-order valence-corrected chi connectivity index (χ0v) is 24.3. The first-order valence-electron chi connectivity index (χ1n) is 13.3. The molecule has 1 aliphatic heterocycles. The molecule has 2 amide bonds. The van der Waals surface area contributed by atoms with Gasteiger partial charge in [-0.15, -0.1) is 0 Å². The Morgan fingerprint density at radius 3 is 2.37 bits per heavy atom. The van der Waals surface area contributed by atoms with Crippen LogP contribution in [0.2, 0.25) is 0 Å². The van der Waals surface area contributed by atoms with E-state index in [2.05, 4.69) is 34.4 Å². The summed E-state index contributed by atoms with van der Waals surface area (Å²) in [6.07, 6.45) is 1.63. The normalized spacial score (nSPS) is 13.9. The van der Waals surface area contributed by atoms with Crippen molar-refractivity contribution in [3.63, 3.8) is 0 Å². The Morgan fingerprint density at radius 1 is 1.05 bits per heavy atom. The quantitative estimate of drug-likeness (QED) is 0.296. The Hall–Kier alpha value is -4.22. The van der Waals surface area contributed by atoms with Crippen molar-refractivity contribution in [1.29, 1.82) is 0 Å². The molecule has 1 aromatic heterocycles. The number of aryl methyl sites for hydroxylation is 1. The number of carbonyl (C=O) groups is 3. The van der Waals surface area contributed by atoms with Crippen molar-refractivity contribution < 1.29 is 27.9 Å². The molecule has 10 nitrogen and oxygen atoms in total. The number of H-pyrrole nitrogens is 1. The number of hydrogen-bond acceptors (Lipinski definition) is 7. The van der Waals surface area contributed by atoms with Gasteiger partial charge >= 0.3 is 0 Å². The summed E-state index contributed by atoms with van der Waals surface area (Å²) < 4.78 is 26.4. The number of carbonyl (C=O) groups excluding carboxylic acids is 3. The van der Waals surface area contributed by atoms with Crippen LogP contribution in [0.3, 0.4) is 0 Å². The number of amides is 2. The van der Waals surface area contributed by atoms with Gasteiger partial charge in [0.25, 0.3) is 11.8 Å². The monoisotopic (exact) mass is 577 g/mol. The molecule has 4 rings (SSSR count). The second-order valence-electron chi connectivity index (χ2n) is 9.91. The molecule has 0 bridgehead atoms. The predicted molar refractivity (Wildman–Crippen MR) is 155 cm³/mol. The summed E-state index contributed by atoms with van der Waals surface area (Å²) in [7, 11) is -3.82. The zero-order chi connectivity index (χ0) is 29.9.